The van der Waals surface area contributed by atoms with Gasteiger partial charge >= 0.3 is 0 Å². The number of benzene rings is 2. The second-order valence-electron chi connectivity index (χ2n) is 5.93. The molecule has 0 aliphatic heterocycles. The molecule has 2 aromatic carbocycles. The van der Waals surface area contributed by atoms with E-state index < -0.39 is 0 Å². The topological polar surface area (TPSA) is 62.0 Å². The average Bonchev–Trinajstić information content (AvgIpc) is 2.61. The van der Waals surface area contributed by atoms with Gasteiger partial charge in [0.2, 0.25) is 5.91 Å². The highest BCUT2D eigenvalue weighted by Gasteiger charge is 2.07. The van der Waals surface area contributed by atoms with E-state index in [4.69, 9.17) is 0 Å². The molecule has 0 radical (unpaired) electrons. The predicted octanol–water partition coefficient (Wildman–Crippen LogP) is 4.05. The predicted molar refractivity (Wildman–Crippen MR) is 103 cm³/mol. The molecule has 1 aromatic heterocycles. The van der Waals surface area contributed by atoms with Gasteiger partial charge < -0.3 is 10.3 Å². The summed E-state index contributed by atoms with van der Waals surface area (Å²) >= 11 is 0. The van der Waals surface area contributed by atoms with Crippen LogP contribution in [-0.2, 0) is 11.2 Å². The number of carbonyl (C=O) groups is 1. The molecule has 4 nitrogen and oxygen atoms in total. The fourth-order valence-electron chi connectivity index (χ4n) is 2.82. The molecule has 25 heavy (non-hydrogen) atoms. The van der Waals surface area contributed by atoms with Gasteiger partial charge in [-0.15, -0.1) is 0 Å². The number of aryl methyl sites for hydroxylation is 2. The zero-order chi connectivity index (χ0) is 17.8. The van der Waals surface area contributed by atoms with Crippen molar-refractivity contribution in [1.29, 1.82) is 0 Å². The van der Waals surface area contributed by atoms with Crippen LogP contribution in [0.15, 0.2) is 59.4 Å². The Morgan fingerprint density at radius 3 is 2.76 bits per heavy atom. The first-order chi connectivity index (χ1) is 12.1. The number of aromatic nitrogens is 1. The first-order valence-corrected chi connectivity index (χ1v) is 8.28. The maximum atomic E-state index is 12.3. The van der Waals surface area contributed by atoms with Crippen molar-refractivity contribution < 1.29 is 4.79 Å². The molecule has 0 spiro atoms. The number of hydrogen-bond acceptors (Lipinski definition) is 2. The van der Waals surface area contributed by atoms with Gasteiger partial charge in [0.15, 0.2) is 0 Å². The second kappa shape index (κ2) is 7.18. The maximum absolute atomic E-state index is 12.3. The van der Waals surface area contributed by atoms with Crippen molar-refractivity contribution in [3.05, 3.63) is 81.7 Å². The number of anilines is 1. The quantitative estimate of drug-likeness (QED) is 0.708. The summed E-state index contributed by atoms with van der Waals surface area (Å²) in [5.74, 6) is -0.253. The van der Waals surface area contributed by atoms with E-state index >= 15 is 0 Å². The molecule has 1 amide bonds. The Bertz CT molecular complexity index is 1020. The molecule has 0 fully saturated rings. The molecule has 0 bridgehead atoms. The molecule has 126 valence electrons. The lowest BCUT2D eigenvalue weighted by Crippen LogP contribution is -2.12. The Morgan fingerprint density at radius 1 is 1.16 bits per heavy atom. The van der Waals surface area contributed by atoms with E-state index in [1.54, 1.807) is 12.1 Å². The summed E-state index contributed by atoms with van der Waals surface area (Å²) in [5.41, 5.74) is 3.96. The number of para-hydroxylation sites is 2. The fraction of sp³-hybridized carbons (Fsp3) is 0.143. The highest BCUT2D eigenvalue weighted by atomic mass is 16.1. The van der Waals surface area contributed by atoms with Crippen LogP contribution in [-0.4, -0.2) is 10.9 Å². The minimum Gasteiger partial charge on any atom is -0.322 e. The molecule has 0 saturated heterocycles. The largest absolute Gasteiger partial charge is 0.322 e. The lowest BCUT2D eigenvalue weighted by atomic mass is 10.1. The van der Waals surface area contributed by atoms with Crippen molar-refractivity contribution in [2.75, 3.05) is 5.32 Å². The van der Waals surface area contributed by atoms with Gasteiger partial charge in [0.25, 0.3) is 5.56 Å². The summed E-state index contributed by atoms with van der Waals surface area (Å²) in [6, 6.07) is 15.3. The minimum atomic E-state index is -0.253. The SMILES string of the molecule is CCc1cccc(C)c1NC(=O)/C=C/c1cc2ccccc2[nH]c1=O. The van der Waals surface area contributed by atoms with E-state index in [1.807, 2.05) is 49.4 Å². The molecule has 0 atom stereocenters. The van der Waals surface area contributed by atoms with E-state index in [0.29, 0.717) is 5.56 Å². The van der Waals surface area contributed by atoms with E-state index in [1.165, 1.54) is 6.08 Å². The van der Waals surface area contributed by atoms with Crippen molar-refractivity contribution in [1.82, 2.24) is 4.98 Å². The number of fused-ring (bicyclic) bond motifs is 1. The van der Waals surface area contributed by atoms with Gasteiger partial charge in [-0.05, 0) is 48.1 Å². The molecular formula is C21H20N2O2. The number of rotatable bonds is 4. The summed E-state index contributed by atoms with van der Waals surface area (Å²) in [6.45, 7) is 4.02. The average molecular weight is 332 g/mol. The number of pyridine rings is 1. The number of aromatic amines is 1. The van der Waals surface area contributed by atoms with Gasteiger partial charge in [0, 0.05) is 22.8 Å². The molecule has 3 rings (SSSR count). The van der Waals surface area contributed by atoms with Crippen LogP contribution >= 0.6 is 0 Å². The highest BCUT2D eigenvalue weighted by molar-refractivity contribution is 6.03. The van der Waals surface area contributed by atoms with Crippen LogP contribution < -0.4 is 10.9 Å². The van der Waals surface area contributed by atoms with Crippen molar-refractivity contribution in [2.45, 2.75) is 20.3 Å². The Labute approximate surface area is 146 Å². The number of carbonyl (C=O) groups excluding carboxylic acids is 1. The lowest BCUT2D eigenvalue weighted by molar-refractivity contribution is -0.111. The first kappa shape index (κ1) is 16.7. The van der Waals surface area contributed by atoms with Gasteiger partial charge in [-0.25, -0.2) is 0 Å². The summed E-state index contributed by atoms with van der Waals surface area (Å²) in [4.78, 5) is 27.2. The number of hydrogen-bond donors (Lipinski definition) is 2. The zero-order valence-corrected chi connectivity index (χ0v) is 14.3. The second-order valence-corrected chi connectivity index (χ2v) is 5.93. The molecule has 4 heteroatoms. The molecule has 2 N–H and O–H groups in total. The number of H-pyrrole nitrogens is 1. The van der Waals surface area contributed by atoms with Gasteiger partial charge in [-0.1, -0.05) is 43.3 Å². The Balaban J connectivity index is 1.84. The van der Waals surface area contributed by atoms with Gasteiger partial charge in [-0.2, -0.15) is 0 Å². The van der Waals surface area contributed by atoms with E-state index in [-0.39, 0.29) is 11.5 Å². The molecule has 0 aliphatic carbocycles. The Hall–Kier alpha value is -3.14. The van der Waals surface area contributed by atoms with E-state index in [9.17, 15) is 9.59 Å². The highest BCUT2D eigenvalue weighted by Crippen LogP contribution is 2.21. The molecular weight excluding hydrogens is 312 g/mol. The van der Waals surface area contributed by atoms with Gasteiger partial charge in [0.05, 0.1) is 0 Å². The van der Waals surface area contributed by atoms with Crippen molar-refractivity contribution in [3.63, 3.8) is 0 Å². The van der Waals surface area contributed by atoms with Crippen LogP contribution in [0.25, 0.3) is 17.0 Å². The van der Waals surface area contributed by atoms with E-state index in [0.717, 1.165) is 34.1 Å². The summed E-state index contributed by atoms with van der Waals surface area (Å²) in [7, 11) is 0. The van der Waals surface area contributed by atoms with E-state index in [2.05, 4.69) is 17.2 Å². The molecule has 3 aromatic rings. The molecule has 0 unspecified atom stereocenters. The first-order valence-electron chi connectivity index (χ1n) is 8.28. The van der Waals surface area contributed by atoms with Crippen LogP contribution in [0, 0.1) is 6.92 Å². The monoisotopic (exact) mass is 332 g/mol. The summed E-state index contributed by atoms with van der Waals surface area (Å²) < 4.78 is 0. The zero-order valence-electron chi connectivity index (χ0n) is 14.3. The third-order valence-electron chi connectivity index (χ3n) is 4.18. The van der Waals surface area contributed by atoms with Crippen LogP contribution in [0.2, 0.25) is 0 Å². The van der Waals surface area contributed by atoms with Crippen LogP contribution in [0.5, 0.6) is 0 Å². The van der Waals surface area contributed by atoms with Crippen molar-refractivity contribution in [3.8, 4) is 0 Å². The van der Waals surface area contributed by atoms with Crippen LogP contribution in [0.3, 0.4) is 0 Å². The third-order valence-corrected chi connectivity index (χ3v) is 4.18. The normalized spacial score (nSPS) is 11.1. The Kier molecular flexibility index (Phi) is 4.80. The van der Waals surface area contributed by atoms with Crippen LogP contribution in [0.4, 0.5) is 5.69 Å². The van der Waals surface area contributed by atoms with Crippen molar-refractivity contribution >= 4 is 28.6 Å². The summed E-state index contributed by atoms with van der Waals surface area (Å²) in [5, 5.41) is 3.84. The number of amides is 1. The van der Waals surface area contributed by atoms with Crippen LogP contribution in [0.1, 0.15) is 23.6 Å². The smallest absolute Gasteiger partial charge is 0.255 e. The summed E-state index contributed by atoms with van der Waals surface area (Å²) in [6.07, 6.45) is 3.78. The number of nitrogens with one attached hydrogen (secondary N) is 2. The maximum Gasteiger partial charge on any atom is 0.255 e. The minimum absolute atomic E-state index is 0.215. The lowest BCUT2D eigenvalue weighted by Gasteiger charge is -2.11. The molecule has 0 aliphatic rings. The van der Waals surface area contributed by atoms with Gasteiger partial charge in [0.1, 0.15) is 0 Å². The molecule has 0 saturated carbocycles. The third kappa shape index (κ3) is 3.69. The molecule has 1 heterocycles. The Morgan fingerprint density at radius 2 is 1.96 bits per heavy atom. The standard InChI is InChI=1S/C21H20N2O2/c1-3-15-9-6-7-14(2)20(15)23-19(24)12-11-17-13-16-8-4-5-10-18(16)22-21(17)25/h4-13H,3H2,1-2H3,(H,22,25)(H,23,24)/b12-11+. The van der Waals surface area contributed by atoms with Gasteiger partial charge in [-0.3, -0.25) is 9.59 Å². The van der Waals surface area contributed by atoms with Crippen molar-refractivity contribution in [2.24, 2.45) is 0 Å². The fourth-order valence-corrected chi connectivity index (χ4v) is 2.82.